The maximum absolute atomic E-state index is 12.4. The van der Waals surface area contributed by atoms with Crippen molar-refractivity contribution in [2.75, 3.05) is 20.0 Å². The normalized spacial score (nSPS) is 11.0. The summed E-state index contributed by atoms with van der Waals surface area (Å²) in [6.07, 6.45) is 1.61. The van der Waals surface area contributed by atoms with Crippen molar-refractivity contribution in [2.24, 2.45) is 5.92 Å². The molecule has 30 heavy (non-hydrogen) atoms. The van der Waals surface area contributed by atoms with E-state index in [9.17, 15) is 4.79 Å². The Morgan fingerprint density at radius 3 is 2.67 bits per heavy atom. The molecule has 0 radical (unpaired) electrons. The average Bonchev–Trinajstić information content (AvgIpc) is 3.40. The zero-order chi connectivity index (χ0) is 21.5. The molecule has 2 heterocycles. The first-order chi connectivity index (χ1) is 14.5. The topological polar surface area (TPSA) is 91.4 Å². The number of carbonyl (C=O) groups is 1. The Labute approximate surface area is 180 Å². The van der Waals surface area contributed by atoms with Crippen LogP contribution < -0.4 is 14.8 Å². The molecule has 1 amide bonds. The summed E-state index contributed by atoms with van der Waals surface area (Å²) in [4.78, 5) is 12.4. The van der Waals surface area contributed by atoms with Gasteiger partial charge in [-0.15, -0.1) is 10.2 Å². The van der Waals surface area contributed by atoms with E-state index in [1.54, 1.807) is 20.5 Å². The van der Waals surface area contributed by atoms with Crippen LogP contribution in [0.15, 0.2) is 46.2 Å². The predicted molar refractivity (Wildman–Crippen MR) is 115 cm³/mol. The summed E-state index contributed by atoms with van der Waals surface area (Å²) in [5, 5.41) is 12.1. The Kier molecular flexibility index (Phi) is 7.40. The second kappa shape index (κ2) is 10.2. The van der Waals surface area contributed by atoms with Gasteiger partial charge in [0.1, 0.15) is 0 Å². The quantitative estimate of drug-likeness (QED) is 0.491. The molecule has 160 valence electrons. The summed E-state index contributed by atoms with van der Waals surface area (Å²) in [5.41, 5.74) is 0.925. The highest BCUT2D eigenvalue weighted by atomic mass is 32.2. The fraction of sp³-hybridized carbons (Fsp3) is 0.381. The third kappa shape index (κ3) is 5.35. The first-order valence-electron chi connectivity index (χ1n) is 9.59. The summed E-state index contributed by atoms with van der Waals surface area (Å²) < 4.78 is 18.0. The highest BCUT2D eigenvalue weighted by molar-refractivity contribution is 7.99. The van der Waals surface area contributed by atoms with Gasteiger partial charge in [-0.25, -0.2) is 0 Å². The third-order valence-corrected chi connectivity index (χ3v) is 5.24. The first-order valence-corrected chi connectivity index (χ1v) is 10.6. The Morgan fingerprint density at radius 2 is 2.00 bits per heavy atom. The van der Waals surface area contributed by atoms with Crippen LogP contribution in [0.4, 0.5) is 0 Å². The number of methoxy groups -OCH3 is 2. The first kappa shape index (κ1) is 21.8. The van der Waals surface area contributed by atoms with Crippen LogP contribution in [0.5, 0.6) is 11.5 Å². The number of carbonyl (C=O) groups excluding carboxylic acids is 1. The number of ether oxygens (including phenoxy) is 2. The molecule has 2 aromatic heterocycles. The summed E-state index contributed by atoms with van der Waals surface area (Å²) in [6.45, 7) is 5.38. The smallest absolute Gasteiger partial charge is 0.230 e. The number of rotatable bonds is 10. The zero-order valence-electron chi connectivity index (χ0n) is 17.5. The van der Waals surface area contributed by atoms with Crippen molar-refractivity contribution in [2.45, 2.75) is 32.1 Å². The largest absolute Gasteiger partial charge is 0.493 e. The van der Waals surface area contributed by atoms with E-state index in [0.717, 1.165) is 12.1 Å². The highest BCUT2D eigenvalue weighted by Crippen LogP contribution is 2.28. The molecule has 1 N–H and O–H groups in total. The number of amides is 1. The van der Waals surface area contributed by atoms with Crippen LogP contribution in [0.25, 0.3) is 11.6 Å². The number of hydrogen-bond donors (Lipinski definition) is 1. The van der Waals surface area contributed by atoms with E-state index >= 15 is 0 Å². The molecule has 0 spiro atoms. The van der Waals surface area contributed by atoms with Crippen LogP contribution in [0, 0.1) is 5.92 Å². The molecule has 0 atom stereocenters. The summed E-state index contributed by atoms with van der Waals surface area (Å²) in [5.74, 6) is 3.16. The minimum absolute atomic E-state index is 0.0894. The third-order valence-electron chi connectivity index (χ3n) is 4.28. The molecule has 0 bridgehead atoms. The van der Waals surface area contributed by atoms with Crippen LogP contribution in [0.3, 0.4) is 0 Å². The number of nitrogens with one attached hydrogen (secondary N) is 1. The van der Waals surface area contributed by atoms with Crippen molar-refractivity contribution in [3.63, 3.8) is 0 Å². The van der Waals surface area contributed by atoms with Gasteiger partial charge in [-0.05, 0) is 35.7 Å². The fourth-order valence-corrected chi connectivity index (χ4v) is 3.66. The molecule has 0 fully saturated rings. The van der Waals surface area contributed by atoms with Crippen LogP contribution in [-0.4, -0.2) is 40.6 Å². The minimum Gasteiger partial charge on any atom is -0.493 e. The Morgan fingerprint density at radius 1 is 1.20 bits per heavy atom. The average molecular weight is 431 g/mol. The van der Waals surface area contributed by atoms with Crippen LogP contribution in [0.2, 0.25) is 0 Å². The molecule has 8 nitrogen and oxygen atoms in total. The van der Waals surface area contributed by atoms with E-state index in [-0.39, 0.29) is 11.7 Å². The summed E-state index contributed by atoms with van der Waals surface area (Å²) in [7, 11) is 3.17. The molecular weight excluding hydrogens is 404 g/mol. The van der Waals surface area contributed by atoms with Crippen LogP contribution >= 0.6 is 11.8 Å². The van der Waals surface area contributed by atoms with E-state index < -0.39 is 0 Å². The molecule has 0 saturated heterocycles. The molecule has 3 rings (SSSR count). The molecule has 0 aliphatic carbocycles. The fourth-order valence-electron chi connectivity index (χ4n) is 2.89. The second-order valence-corrected chi connectivity index (χ2v) is 7.99. The van der Waals surface area contributed by atoms with Gasteiger partial charge in [0.05, 0.1) is 26.2 Å². The molecule has 0 aliphatic rings. The lowest BCUT2D eigenvalue weighted by Gasteiger charge is -2.12. The highest BCUT2D eigenvalue weighted by Gasteiger charge is 2.18. The van der Waals surface area contributed by atoms with Crippen molar-refractivity contribution >= 4 is 17.7 Å². The van der Waals surface area contributed by atoms with Gasteiger partial charge in [-0.1, -0.05) is 31.7 Å². The predicted octanol–water partition coefficient (Wildman–Crippen LogP) is 3.62. The lowest BCUT2D eigenvalue weighted by atomic mass is 10.2. The lowest BCUT2D eigenvalue weighted by Crippen LogP contribution is -2.24. The van der Waals surface area contributed by atoms with Gasteiger partial charge in [-0.2, -0.15) is 0 Å². The summed E-state index contributed by atoms with van der Waals surface area (Å²) >= 11 is 1.36. The Balaban J connectivity index is 1.61. The Bertz CT molecular complexity index is 970. The maximum atomic E-state index is 12.4. The van der Waals surface area contributed by atoms with Gasteiger partial charge < -0.3 is 19.2 Å². The number of nitrogens with zero attached hydrogens (tertiary/aromatic N) is 3. The zero-order valence-corrected chi connectivity index (χ0v) is 18.4. The number of aromatic nitrogens is 3. The summed E-state index contributed by atoms with van der Waals surface area (Å²) in [6, 6.07) is 9.23. The van der Waals surface area contributed by atoms with Gasteiger partial charge in [0.25, 0.3) is 0 Å². The lowest BCUT2D eigenvalue weighted by molar-refractivity contribution is -0.118. The van der Waals surface area contributed by atoms with E-state index in [0.29, 0.717) is 40.7 Å². The SMILES string of the molecule is COc1ccc(CNC(=O)CSc2nnc(-c3ccco3)n2CC(C)C)cc1OC. The van der Waals surface area contributed by atoms with E-state index in [4.69, 9.17) is 13.9 Å². The standard InChI is InChI=1S/C21H26N4O4S/c1-14(2)12-25-20(17-6-5-9-29-17)23-24-21(25)30-13-19(26)22-11-15-7-8-16(27-3)18(10-15)28-4/h5-10,14H,11-13H2,1-4H3,(H,22,26). The Hall–Kier alpha value is -2.94. The van der Waals surface area contributed by atoms with Gasteiger partial charge >= 0.3 is 0 Å². The van der Waals surface area contributed by atoms with Gasteiger partial charge in [-0.3, -0.25) is 9.36 Å². The van der Waals surface area contributed by atoms with E-state index in [1.165, 1.54) is 11.8 Å². The van der Waals surface area contributed by atoms with Crippen LogP contribution in [0.1, 0.15) is 19.4 Å². The molecule has 3 aromatic rings. The van der Waals surface area contributed by atoms with Crippen molar-refractivity contribution in [1.29, 1.82) is 0 Å². The monoisotopic (exact) mass is 430 g/mol. The molecular formula is C21H26N4O4S. The number of benzene rings is 1. The molecule has 0 unspecified atom stereocenters. The number of thioether (sulfide) groups is 1. The van der Waals surface area contributed by atoms with Crippen LogP contribution in [-0.2, 0) is 17.9 Å². The second-order valence-electron chi connectivity index (χ2n) is 7.04. The van der Waals surface area contributed by atoms with Gasteiger partial charge in [0.2, 0.25) is 5.91 Å². The molecule has 0 saturated carbocycles. The van der Waals surface area contributed by atoms with Gasteiger partial charge in [0, 0.05) is 13.1 Å². The number of hydrogen-bond acceptors (Lipinski definition) is 7. The minimum atomic E-state index is -0.0894. The molecule has 0 aliphatic heterocycles. The van der Waals surface area contributed by atoms with E-state index in [2.05, 4.69) is 29.4 Å². The number of furan rings is 1. The van der Waals surface area contributed by atoms with E-state index in [1.807, 2.05) is 34.9 Å². The van der Waals surface area contributed by atoms with Crippen molar-refractivity contribution in [3.05, 3.63) is 42.2 Å². The molecule has 9 heteroatoms. The van der Waals surface area contributed by atoms with Crippen molar-refractivity contribution in [1.82, 2.24) is 20.1 Å². The van der Waals surface area contributed by atoms with Gasteiger partial charge in [0.15, 0.2) is 28.2 Å². The van der Waals surface area contributed by atoms with Crippen molar-refractivity contribution in [3.8, 4) is 23.1 Å². The van der Waals surface area contributed by atoms with Crippen molar-refractivity contribution < 1.29 is 18.7 Å². The maximum Gasteiger partial charge on any atom is 0.230 e. The molecule has 1 aromatic carbocycles.